The molecule has 0 unspecified atom stereocenters. The molecule has 0 heterocycles. The SMILES string of the molecule is COc1cc(CNC(=O)Nc2ccc(C(C)=O)cc2)cc(OC)c1OC. The van der Waals surface area contributed by atoms with E-state index in [4.69, 9.17) is 14.2 Å². The topological polar surface area (TPSA) is 85.9 Å². The maximum atomic E-state index is 12.1. The molecular weight excluding hydrogens is 336 g/mol. The van der Waals surface area contributed by atoms with E-state index in [0.717, 1.165) is 5.56 Å². The molecule has 0 aliphatic heterocycles. The number of rotatable bonds is 7. The van der Waals surface area contributed by atoms with Gasteiger partial charge in [-0.3, -0.25) is 4.79 Å². The first-order chi connectivity index (χ1) is 12.5. The van der Waals surface area contributed by atoms with Gasteiger partial charge < -0.3 is 24.8 Å². The molecular formula is C19H22N2O5. The Hall–Kier alpha value is -3.22. The Bertz CT molecular complexity index is 762. The summed E-state index contributed by atoms with van der Waals surface area (Å²) in [6.07, 6.45) is 0. The molecule has 0 atom stereocenters. The molecule has 0 bridgehead atoms. The van der Waals surface area contributed by atoms with E-state index in [0.29, 0.717) is 28.5 Å². The average molecular weight is 358 g/mol. The average Bonchev–Trinajstić information content (AvgIpc) is 2.65. The van der Waals surface area contributed by atoms with Crippen molar-refractivity contribution in [1.29, 1.82) is 0 Å². The van der Waals surface area contributed by atoms with E-state index < -0.39 is 0 Å². The minimum atomic E-state index is -0.366. The van der Waals surface area contributed by atoms with Crippen molar-refractivity contribution in [2.24, 2.45) is 0 Å². The molecule has 2 rings (SSSR count). The molecule has 0 spiro atoms. The molecule has 7 nitrogen and oxygen atoms in total. The van der Waals surface area contributed by atoms with Gasteiger partial charge in [-0.25, -0.2) is 4.79 Å². The van der Waals surface area contributed by atoms with Gasteiger partial charge in [0.05, 0.1) is 21.3 Å². The fourth-order valence-corrected chi connectivity index (χ4v) is 2.38. The highest BCUT2D eigenvalue weighted by molar-refractivity contribution is 5.95. The first kappa shape index (κ1) is 19.1. The van der Waals surface area contributed by atoms with Gasteiger partial charge in [-0.2, -0.15) is 0 Å². The van der Waals surface area contributed by atoms with E-state index in [1.54, 1.807) is 36.4 Å². The van der Waals surface area contributed by atoms with Gasteiger partial charge in [-0.1, -0.05) is 0 Å². The van der Waals surface area contributed by atoms with Gasteiger partial charge in [0, 0.05) is 17.8 Å². The van der Waals surface area contributed by atoms with Gasteiger partial charge in [-0.05, 0) is 48.9 Å². The lowest BCUT2D eigenvalue weighted by Crippen LogP contribution is -2.28. The second-order valence-corrected chi connectivity index (χ2v) is 5.47. The Morgan fingerprint density at radius 1 is 0.923 bits per heavy atom. The molecule has 0 saturated heterocycles. The summed E-state index contributed by atoms with van der Waals surface area (Å²) in [5, 5.41) is 5.47. The van der Waals surface area contributed by atoms with Crippen LogP contribution in [0.3, 0.4) is 0 Å². The molecule has 2 aromatic rings. The summed E-state index contributed by atoms with van der Waals surface area (Å²) in [4.78, 5) is 23.3. The number of carbonyl (C=O) groups excluding carboxylic acids is 2. The van der Waals surface area contributed by atoms with E-state index >= 15 is 0 Å². The summed E-state index contributed by atoms with van der Waals surface area (Å²) >= 11 is 0. The van der Waals surface area contributed by atoms with Crippen LogP contribution in [0.15, 0.2) is 36.4 Å². The predicted molar refractivity (Wildman–Crippen MR) is 98.4 cm³/mol. The molecule has 26 heavy (non-hydrogen) atoms. The summed E-state index contributed by atoms with van der Waals surface area (Å²) in [6.45, 7) is 1.76. The van der Waals surface area contributed by atoms with Crippen molar-refractivity contribution >= 4 is 17.5 Å². The maximum Gasteiger partial charge on any atom is 0.319 e. The Labute approximate surface area is 152 Å². The zero-order chi connectivity index (χ0) is 19.1. The molecule has 0 aliphatic carbocycles. The van der Waals surface area contributed by atoms with Crippen molar-refractivity contribution in [2.45, 2.75) is 13.5 Å². The van der Waals surface area contributed by atoms with Crippen LogP contribution in [0, 0.1) is 0 Å². The number of nitrogens with one attached hydrogen (secondary N) is 2. The van der Waals surface area contributed by atoms with Crippen LogP contribution in [-0.4, -0.2) is 33.1 Å². The molecule has 0 aliphatic rings. The number of methoxy groups -OCH3 is 3. The van der Waals surface area contributed by atoms with E-state index in [9.17, 15) is 9.59 Å². The number of ketones is 1. The summed E-state index contributed by atoms with van der Waals surface area (Å²) in [5.41, 5.74) is 1.98. The van der Waals surface area contributed by atoms with Gasteiger partial charge in [0.25, 0.3) is 0 Å². The fraction of sp³-hybridized carbons (Fsp3) is 0.263. The molecule has 0 radical (unpaired) electrons. The number of hydrogen-bond donors (Lipinski definition) is 2. The van der Waals surface area contributed by atoms with Gasteiger partial charge in [0.1, 0.15) is 0 Å². The van der Waals surface area contributed by atoms with E-state index in [1.807, 2.05) is 0 Å². The Morgan fingerprint density at radius 2 is 1.50 bits per heavy atom. The lowest BCUT2D eigenvalue weighted by atomic mass is 10.1. The number of ether oxygens (including phenoxy) is 3. The zero-order valence-electron chi connectivity index (χ0n) is 15.2. The lowest BCUT2D eigenvalue weighted by Gasteiger charge is -2.14. The molecule has 2 amide bonds. The first-order valence-electron chi connectivity index (χ1n) is 7.93. The standard InChI is InChI=1S/C19H22N2O5/c1-12(22)14-5-7-15(8-6-14)21-19(23)20-11-13-9-16(24-2)18(26-4)17(10-13)25-3/h5-10H,11H2,1-4H3,(H2,20,21,23). The molecule has 0 fully saturated rings. The molecule has 2 aromatic carbocycles. The van der Waals surface area contributed by atoms with Crippen molar-refractivity contribution in [1.82, 2.24) is 5.32 Å². The zero-order valence-corrected chi connectivity index (χ0v) is 15.2. The van der Waals surface area contributed by atoms with E-state index in [-0.39, 0.29) is 18.4 Å². The summed E-state index contributed by atoms with van der Waals surface area (Å²) in [7, 11) is 4.60. The quantitative estimate of drug-likeness (QED) is 0.742. The van der Waals surface area contributed by atoms with E-state index in [2.05, 4.69) is 10.6 Å². The van der Waals surface area contributed by atoms with Gasteiger partial charge in [0.15, 0.2) is 17.3 Å². The van der Waals surface area contributed by atoms with Crippen molar-refractivity contribution in [3.05, 3.63) is 47.5 Å². The highest BCUT2D eigenvalue weighted by Crippen LogP contribution is 2.38. The number of carbonyl (C=O) groups is 2. The van der Waals surface area contributed by atoms with Crippen molar-refractivity contribution in [2.75, 3.05) is 26.6 Å². The number of benzene rings is 2. The van der Waals surface area contributed by atoms with Gasteiger partial charge >= 0.3 is 6.03 Å². The van der Waals surface area contributed by atoms with Gasteiger partial charge in [-0.15, -0.1) is 0 Å². The van der Waals surface area contributed by atoms with E-state index in [1.165, 1.54) is 28.3 Å². The van der Waals surface area contributed by atoms with Crippen LogP contribution in [0.25, 0.3) is 0 Å². The maximum absolute atomic E-state index is 12.1. The van der Waals surface area contributed by atoms with Crippen LogP contribution in [0.5, 0.6) is 17.2 Å². The summed E-state index contributed by atoms with van der Waals surface area (Å²) in [5.74, 6) is 1.50. The monoisotopic (exact) mass is 358 g/mol. The number of hydrogen-bond acceptors (Lipinski definition) is 5. The largest absolute Gasteiger partial charge is 0.493 e. The third kappa shape index (κ3) is 4.66. The molecule has 0 aromatic heterocycles. The molecule has 7 heteroatoms. The van der Waals surface area contributed by atoms with Crippen LogP contribution < -0.4 is 24.8 Å². The number of anilines is 1. The summed E-state index contributed by atoms with van der Waals surface area (Å²) in [6, 6.07) is 9.85. The Morgan fingerprint density at radius 3 is 1.96 bits per heavy atom. The first-order valence-corrected chi connectivity index (χ1v) is 7.93. The number of amides is 2. The minimum absolute atomic E-state index is 0.0246. The normalized spacial score (nSPS) is 10.0. The van der Waals surface area contributed by atoms with Crippen LogP contribution in [0.4, 0.5) is 10.5 Å². The number of urea groups is 1. The highest BCUT2D eigenvalue weighted by Gasteiger charge is 2.13. The lowest BCUT2D eigenvalue weighted by molar-refractivity contribution is 0.101. The second-order valence-electron chi connectivity index (χ2n) is 5.47. The third-order valence-electron chi connectivity index (χ3n) is 3.73. The van der Waals surface area contributed by atoms with Crippen LogP contribution >= 0.6 is 0 Å². The van der Waals surface area contributed by atoms with Crippen molar-refractivity contribution < 1.29 is 23.8 Å². The molecule has 0 saturated carbocycles. The third-order valence-corrected chi connectivity index (χ3v) is 3.73. The van der Waals surface area contributed by atoms with Gasteiger partial charge in [0.2, 0.25) is 5.75 Å². The molecule has 2 N–H and O–H groups in total. The summed E-state index contributed by atoms with van der Waals surface area (Å²) < 4.78 is 15.9. The molecule has 138 valence electrons. The van der Waals surface area contributed by atoms with Crippen molar-refractivity contribution in [3.63, 3.8) is 0 Å². The Balaban J connectivity index is 2.01. The van der Waals surface area contributed by atoms with Crippen LogP contribution in [0.1, 0.15) is 22.8 Å². The fourth-order valence-electron chi connectivity index (χ4n) is 2.38. The highest BCUT2D eigenvalue weighted by atomic mass is 16.5. The number of Topliss-reactive ketones (excluding diaryl/α,β-unsaturated/α-hetero) is 1. The van der Waals surface area contributed by atoms with Crippen LogP contribution in [-0.2, 0) is 6.54 Å². The second kappa shape index (κ2) is 8.75. The Kier molecular flexibility index (Phi) is 6.43. The predicted octanol–water partition coefficient (Wildman–Crippen LogP) is 3.24. The minimum Gasteiger partial charge on any atom is -0.493 e. The van der Waals surface area contributed by atoms with Crippen molar-refractivity contribution in [3.8, 4) is 17.2 Å². The van der Waals surface area contributed by atoms with Crippen LogP contribution in [0.2, 0.25) is 0 Å². The smallest absolute Gasteiger partial charge is 0.319 e.